The van der Waals surface area contributed by atoms with Gasteiger partial charge in [-0.3, -0.25) is 9.59 Å². The van der Waals surface area contributed by atoms with Gasteiger partial charge in [0.2, 0.25) is 0 Å². The van der Waals surface area contributed by atoms with Gasteiger partial charge in [-0.2, -0.15) is 0 Å². The second-order valence-corrected chi connectivity index (χ2v) is 7.75. The number of hydrogen-bond donors (Lipinski definition) is 2. The van der Waals surface area contributed by atoms with Crippen LogP contribution in [-0.2, 0) is 16.0 Å². The molecular weight excluding hydrogens is 408 g/mol. The number of esters is 1. The van der Waals surface area contributed by atoms with E-state index in [-0.39, 0.29) is 29.9 Å². The molecule has 0 radical (unpaired) electrons. The first kappa shape index (κ1) is 21.4. The molecule has 0 aliphatic heterocycles. The molecule has 0 saturated heterocycles. The van der Waals surface area contributed by atoms with Crippen molar-refractivity contribution in [3.63, 3.8) is 0 Å². The van der Waals surface area contributed by atoms with E-state index in [4.69, 9.17) is 9.15 Å². The standard InChI is InChI=1S/C25H24N2O5/c1-16-11-12-18(14-21(16)27-24(29)22-10-5-13-31-22)25(30)32-15-23(28)26-20-9-4-7-17-6-2-3-8-19(17)20/h2-3,5-6,8,10-14,20H,4,7,9,15H2,1H3,(H,26,28)(H,27,29). The SMILES string of the molecule is Cc1ccc(C(=O)OCC(=O)NC2CCCc3ccccc32)cc1NC(=O)c1ccco1. The van der Waals surface area contributed by atoms with Crippen molar-refractivity contribution in [1.82, 2.24) is 5.32 Å². The van der Waals surface area contributed by atoms with Gasteiger partial charge in [-0.05, 0) is 67.1 Å². The Morgan fingerprint density at radius 1 is 1.09 bits per heavy atom. The summed E-state index contributed by atoms with van der Waals surface area (Å²) < 4.78 is 10.3. The fraction of sp³-hybridized carbons (Fsp3) is 0.240. The molecule has 1 aliphatic rings. The minimum Gasteiger partial charge on any atom is -0.459 e. The van der Waals surface area contributed by atoms with E-state index in [1.54, 1.807) is 24.3 Å². The minimum atomic E-state index is -0.641. The second-order valence-electron chi connectivity index (χ2n) is 7.75. The number of nitrogens with one attached hydrogen (secondary N) is 2. The van der Waals surface area contributed by atoms with Gasteiger partial charge in [0.1, 0.15) is 0 Å². The van der Waals surface area contributed by atoms with Crippen LogP contribution in [0.4, 0.5) is 5.69 Å². The average molecular weight is 432 g/mol. The van der Waals surface area contributed by atoms with Gasteiger partial charge < -0.3 is 19.8 Å². The quantitative estimate of drug-likeness (QED) is 0.569. The summed E-state index contributed by atoms with van der Waals surface area (Å²) >= 11 is 0. The molecule has 0 spiro atoms. The summed E-state index contributed by atoms with van der Waals surface area (Å²) in [7, 11) is 0. The Balaban J connectivity index is 1.35. The average Bonchev–Trinajstić information content (AvgIpc) is 3.34. The molecule has 7 nitrogen and oxygen atoms in total. The van der Waals surface area contributed by atoms with Crippen LogP contribution in [0.5, 0.6) is 0 Å². The number of ether oxygens (including phenoxy) is 1. The maximum Gasteiger partial charge on any atom is 0.338 e. The molecule has 2 aromatic carbocycles. The van der Waals surface area contributed by atoms with E-state index in [1.807, 2.05) is 25.1 Å². The molecular formula is C25H24N2O5. The van der Waals surface area contributed by atoms with Gasteiger partial charge in [0.15, 0.2) is 12.4 Å². The van der Waals surface area contributed by atoms with E-state index in [1.165, 1.54) is 17.9 Å². The molecule has 164 valence electrons. The molecule has 32 heavy (non-hydrogen) atoms. The Bertz CT molecular complexity index is 1140. The van der Waals surface area contributed by atoms with Gasteiger partial charge in [-0.15, -0.1) is 0 Å². The fourth-order valence-electron chi connectivity index (χ4n) is 3.83. The highest BCUT2D eigenvalue weighted by Gasteiger charge is 2.22. The largest absolute Gasteiger partial charge is 0.459 e. The van der Waals surface area contributed by atoms with Gasteiger partial charge in [0.05, 0.1) is 17.9 Å². The number of rotatable bonds is 6. The van der Waals surface area contributed by atoms with Gasteiger partial charge in [-0.25, -0.2) is 4.79 Å². The first-order valence-corrected chi connectivity index (χ1v) is 10.5. The van der Waals surface area contributed by atoms with Crippen LogP contribution in [0, 0.1) is 6.92 Å². The minimum absolute atomic E-state index is 0.0751. The topological polar surface area (TPSA) is 97.6 Å². The van der Waals surface area contributed by atoms with Crippen LogP contribution in [-0.4, -0.2) is 24.4 Å². The van der Waals surface area contributed by atoms with Crippen LogP contribution >= 0.6 is 0 Å². The van der Waals surface area contributed by atoms with Crippen LogP contribution in [0.3, 0.4) is 0 Å². The van der Waals surface area contributed by atoms with E-state index >= 15 is 0 Å². The Hall–Kier alpha value is -3.87. The van der Waals surface area contributed by atoms with Crippen LogP contribution in [0.25, 0.3) is 0 Å². The maximum absolute atomic E-state index is 12.5. The molecule has 1 heterocycles. The van der Waals surface area contributed by atoms with Crippen molar-refractivity contribution in [1.29, 1.82) is 0 Å². The molecule has 2 N–H and O–H groups in total. The van der Waals surface area contributed by atoms with Gasteiger partial charge in [0.25, 0.3) is 11.8 Å². The zero-order valence-corrected chi connectivity index (χ0v) is 17.7. The number of hydrogen-bond acceptors (Lipinski definition) is 5. The molecule has 1 aromatic heterocycles. The van der Waals surface area contributed by atoms with E-state index in [0.29, 0.717) is 5.69 Å². The number of benzene rings is 2. The Kier molecular flexibility index (Phi) is 6.35. The molecule has 1 unspecified atom stereocenters. The molecule has 0 bridgehead atoms. The summed E-state index contributed by atoms with van der Waals surface area (Å²) in [5.41, 5.74) is 3.83. The van der Waals surface area contributed by atoms with Crippen LogP contribution in [0.2, 0.25) is 0 Å². The summed E-state index contributed by atoms with van der Waals surface area (Å²) in [6, 6.07) is 16.0. The highest BCUT2D eigenvalue weighted by atomic mass is 16.5. The summed E-state index contributed by atoms with van der Waals surface area (Å²) in [6.07, 6.45) is 4.27. The van der Waals surface area contributed by atoms with E-state index in [9.17, 15) is 14.4 Å². The van der Waals surface area contributed by atoms with Crippen LogP contribution < -0.4 is 10.6 Å². The van der Waals surface area contributed by atoms with E-state index in [0.717, 1.165) is 30.4 Å². The number of carbonyl (C=O) groups excluding carboxylic acids is 3. The lowest BCUT2D eigenvalue weighted by Gasteiger charge is -2.26. The Morgan fingerprint density at radius 3 is 2.75 bits per heavy atom. The Labute approximate surface area is 185 Å². The number of amides is 2. The summed E-state index contributed by atoms with van der Waals surface area (Å²) in [4.78, 5) is 37.1. The first-order valence-electron chi connectivity index (χ1n) is 10.5. The molecule has 2 amide bonds. The predicted molar refractivity (Wildman–Crippen MR) is 118 cm³/mol. The van der Waals surface area contributed by atoms with Crippen LogP contribution in [0.1, 0.15) is 56.5 Å². The van der Waals surface area contributed by atoms with Crippen molar-refractivity contribution < 1.29 is 23.5 Å². The lowest BCUT2D eigenvalue weighted by molar-refractivity contribution is -0.125. The molecule has 0 fully saturated rings. The van der Waals surface area contributed by atoms with Crippen molar-refractivity contribution in [3.05, 3.63) is 88.9 Å². The fourth-order valence-corrected chi connectivity index (χ4v) is 3.83. The number of aryl methyl sites for hydroxylation is 2. The molecule has 1 atom stereocenters. The zero-order valence-electron chi connectivity index (χ0n) is 17.7. The summed E-state index contributed by atoms with van der Waals surface area (Å²) in [6.45, 7) is 1.43. The Morgan fingerprint density at radius 2 is 1.94 bits per heavy atom. The molecule has 3 aromatic rings. The molecule has 7 heteroatoms. The zero-order chi connectivity index (χ0) is 22.5. The first-order chi connectivity index (χ1) is 15.5. The molecule has 1 aliphatic carbocycles. The summed E-state index contributed by atoms with van der Waals surface area (Å²) in [5, 5.41) is 5.68. The van der Waals surface area contributed by atoms with Crippen molar-refractivity contribution >= 4 is 23.5 Å². The normalized spacial score (nSPS) is 14.8. The van der Waals surface area contributed by atoms with Crippen molar-refractivity contribution in [3.8, 4) is 0 Å². The summed E-state index contributed by atoms with van der Waals surface area (Å²) in [5.74, 6) is -1.25. The number of anilines is 1. The lowest BCUT2D eigenvalue weighted by atomic mass is 9.88. The van der Waals surface area contributed by atoms with Crippen LogP contribution in [0.15, 0.2) is 65.3 Å². The number of furan rings is 1. The number of fused-ring (bicyclic) bond motifs is 1. The van der Waals surface area contributed by atoms with E-state index < -0.39 is 11.9 Å². The predicted octanol–water partition coefficient (Wildman–Crippen LogP) is 4.19. The third-order valence-corrected chi connectivity index (χ3v) is 5.51. The third-order valence-electron chi connectivity index (χ3n) is 5.51. The smallest absolute Gasteiger partial charge is 0.338 e. The van der Waals surface area contributed by atoms with Crippen molar-refractivity contribution in [2.75, 3.05) is 11.9 Å². The lowest BCUT2D eigenvalue weighted by Crippen LogP contribution is -2.34. The second kappa shape index (κ2) is 9.51. The molecule has 4 rings (SSSR count). The highest BCUT2D eigenvalue weighted by Crippen LogP contribution is 2.29. The van der Waals surface area contributed by atoms with Gasteiger partial charge >= 0.3 is 5.97 Å². The van der Waals surface area contributed by atoms with Gasteiger partial charge in [0, 0.05) is 5.69 Å². The highest BCUT2D eigenvalue weighted by molar-refractivity contribution is 6.03. The number of carbonyl (C=O) groups is 3. The molecule has 0 saturated carbocycles. The third kappa shape index (κ3) is 4.88. The van der Waals surface area contributed by atoms with E-state index in [2.05, 4.69) is 16.7 Å². The van der Waals surface area contributed by atoms with Gasteiger partial charge in [-0.1, -0.05) is 30.3 Å². The van der Waals surface area contributed by atoms with Crippen molar-refractivity contribution in [2.45, 2.75) is 32.2 Å². The van der Waals surface area contributed by atoms with Crippen molar-refractivity contribution in [2.24, 2.45) is 0 Å². The monoisotopic (exact) mass is 432 g/mol. The maximum atomic E-state index is 12.5.